The Labute approximate surface area is 90.6 Å². The predicted molar refractivity (Wildman–Crippen MR) is 59.5 cm³/mol. The van der Waals surface area contributed by atoms with E-state index < -0.39 is 11.8 Å². The van der Waals surface area contributed by atoms with Gasteiger partial charge in [0.2, 0.25) is 0 Å². The molecule has 0 aliphatic rings. The first-order valence-electron chi connectivity index (χ1n) is 4.63. The van der Waals surface area contributed by atoms with E-state index in [0.29, 0.717) is 16.7 Å². The minimum absolute atomic E-state index is 0.462. The number of nitrogens with one attached hydrogen (secondary N) is 1. The number of hydrogen-bond donors (Lipinski definition) is 2. The fourth-order valence-corrected chi connectivity index (χ4v) is 1.55. The molecule has 0 saturated carbocycles. The van der Waals surface area contributed by atoms with Crippen LogP contribution in [0.2, 0.25) is 0 Å². The van der Waals surface area contributed by atoms with E-state index in [1.807, 2.05) is 0 Å². The first-order valence-corrected chi connectivity index (χ1v) is 4.63. The second-order valence-corrected chi connectivity index (χ2v) is 3.46. The Hall–Kier alpha value is -2.24. The number of nitrogens with two attached hydrogens (primary N) is 1. The van der Waals surface area contributed by atoms with Gasteiger partial charge in [-0.05, 0) is 24.6 Å². The van der Waals surface area contributed by atoms with Crippen LogP contribution in [0.25, 0.3) is 11.0 Å². The van der Waals surface area contributed by atoms with Gasteiger partial charge in [-0.15, -0.1) is 0 Å². The van der Waals surface area contributed by atoms with Gasteiger partial charge in [0, 0.05) is 5.69 Å². The fraction of sp³-hybridized carbons (Fsp3) is 0.200. The summed E-state index contributed by atoms with van der Waals surface area (Å²) >= 11 is 0. The highest BCUT2D eigenvalue weighted by Gasteiger charge is 2.14. The number of nitrogen functional groups attached to an aromatic ring is 1. The van der Waals surface area contributed by atoms with Crippen LogP contribution in [0.5, 0.6) is 0 Å². The van der Waals surface area contributed by atoms with Crippen LogP contribution < -0.4 is 11.4 Å². The molecule has 0 amide bonds. The molecule has 0 aliphatic carbocycles. The largest absolute Gasteiger partial charge is 0.452 e. The lowest BCUT2D eigenvalue weighted by molar-refractivity contribution is 0.173. The first kappa shape index (κ1) is 10.3. The number of benzene rings is 1. The molecule has 1 aromatic heterocycles. The van der Waals surface area contributed by atoms with Crippen molar-refractivity contribution >= 4 is 22.8 Å². The minimum atomic E-state index is -0.722. The molecule has 0 radical (unpaired) electrons. The molecule has 2 rings (SSSR count). The van der Waals surface area contributed by atoms with Crippen molar-refractivity contribution in [3.63, 3.8) is 0 Å². The van der Waals surface area contributed by atoms with E-state index >= 15 is 0 Å². The molecule has 1 heterocycles. The summed E-state index contributed by atoms with van der Waals surface area (Å²) in [7, 11) is 1.22. The Morgan fingerprint density at radius 1 is 1.50 bits per heavy atom. The topological polar surface area (TPSA) is 90.1 Å². The molecular formula is C10H11N3O3. The molecule has 6 heteroatoms. The van der Waals surface area contributed by atoms with E-state index in [2.05, 4.69) is 9.72 Å². The molecule has 2 aromatic rings. The van der Waals surface area contributed by atoms with Crippen LogP contribution in [0.4, 0.5) is 10.5 Å². The van der Waals surface area contributed by atoms with Crippen LogP contribution in [-0.2, 0) is 4.74 Å². The number of nitrogens with zero attached hydrogens (tertiary/aromatic N) is 1. The van der Waals surface area contributed by atoms with Crippen molar-refractivity contribution in [1.29, 1.82) is 0 Å². The van der Waals surface area contributed by atoms with Gasteiger partial charge >= 0.3 is 11.8 Å². The van der Waals surface area contributed by atoms with E-state index in [-0.39, 0.29) is 0 Å². The number of H-pyrrole nitrogens is 1. The van der Waals surface area contributed by atoms with Crippen LogP contribution in [-0.4, -0.2) is 22.8 Å². The third-order valence-corrected chi connectivity index (χ3v) is 2.43. The average molecular weight is 221 g/mol. The number of fused-ring (bicyclic) bond motifs is 1. The number of rotatable bonds is 0. The molecule has 84 valence electrons. The maximum Gasteiger partial charge on any atom is 0.422 e. The highest BCUT2D eigenvalue weighted by Crippen LogP contribution is 2.18. The number of carbonyl (C=O) groups excluding carboxylic acids is 1. The normalized spacial score (nSPS) is 10.6. The van der Waals surface area contributed by atoms with Crippen LogP contribution in [0.3, 0.4) is 0 Å². The number of anilines is 1. The summed E-state index contributed by atoms with van der Waals surface area (Å²) in [4.78, 5) is 25.5. The maximum atomic E-state index is 11.5. The monoisotopic (exact) mass is 221 g/mol. The molecule has 0 aliphatic heterocycles. The summed E-state index contributed by atoms with van der Waals surface area (Å²) < 4.78 is 5.46. The lowest BCUT2D eigenvalue weighted by atomic mass is 10.2. The number of carbonyl (C=O) groups is 1. The zero-order valence-corrected chi connectivity index (χ0v) is 8.90. The van der Waals surface area contributed by atoms with Gasteiger partial charge in [0.05, 0.1) is 18.1 Å². The van der Waals surface area contributed by atoms with Crippen molar-refractivity contribution in [2.75, 3.05) is 12.8 Å². The van der Waals surface area contributed by atoms with Crippen LogP contribution in [0, 0.1) is 6.92 Å². The van der Waals surface area contributed by atoms with E-state index in [4.69, 9.17) is 5.73 Å². The van der Waals surface area contributed by atoms with Crippen molar-refractivity contribution in [2.45, 2.75) is 6.92 Å². The Morgan fingerprint density at radius 3 is 2.81 bits per heavy atom. The van der Waals surface area contributed by atoms with Crippen molar-refractivity contribution in [3.05, 3.63) is 28.2 Å². The van der Waals surface area contributed by atoms with Gasteiger partial charge in [-0.1, -0.05) is 0 Å². The number of aryl methyl sites for hydroxylation is 1. The number of aromatic nitrogens is 2. The third-order valence-electron chi connectivity index (χ3n) is 2.43. The van der Waals surface area contributed by atoms with E-state index in [1.165, 1.54) is 7.11 Å². The molecule has 0 fully saturated rings. The number of aromatic amines is 1. The second-order valence-electron chi connectivity index (χ2n) is 3.46. The van der Waals surface area contributed by atoms with Crippen molar-refractivity contribution in [3.8, 4) is 0 Å². The number of ether oxygens (including phenoxy) is 1. The van der Waals surface area contributed by atoms with Gasteiger partial charge in [-0.2, -0.15) is 4.57 Å². The van der Waals surface area contributed by atoms with Gasteiger partial charge in [-0.25, -0.2) is 9.59 Å². The fourth-order valence-electron chi connectivity index (χ4n) is 1.55. The number of methoxy groups -OCH3 is 1. The van der Waals surface area contributed by atoms with E-state index in [0.717, 1.165) is 10.1 Å². The summed E-state index contributed by atoms with van der Waals surface area (Å²) in [6.07, 6.45) is -0.722. The molecule has 0 saturated heterocycles. The molecule has 0 bridgehead atoms. The smallest absolute Gasteiger partial charge is 0.422 e. The summed E-state index contributed by atoms with van der Waals surface area (Å²) in [5.74, 6) is 0. The average Bonchev–Trinajstić information content (AvgIpc) is 2.54. The number of hydrogen-bond acceptors (Lipinski definition) is 4. The van der Waals surface area contributed by atoms with Gasteiger partial charge in [0.25, 0.3) is 0 Å². The Morgan fingerprint density at radius 2 is 2.19 bits per heavy atom. The zero-order chi connectivity index (χ0) is 11.9. The quantitative estimate of drug-likeness (QED) is 0.645. The Balaban J connectivity index is 2.84. The standard InChI is InChI=1S/C10H11N3O3/c1-5-3-8-7(4-6(5)11)12-9(14)13(8)10(15)16-2/h3-4H,11H2,1-2H3,(H,12,14). The molecular weight excluding hydrogens is 210 g/mol. The molecule has 0 spiro atoms. The molecule has 0 unspecified atom stereocenters. The van der Waals surface area contributed by atoms with Crippen LogP contribution >= 0.6 is 0 Å². The second kappa shape index (κ2) is 3.41. The highest BCUT2D eigenvalue weighted by atomic mass is 16.5. The Kier molecular flexibility index (Phi) is 2.19. The van der Waals surface area contributed by atoms with Gasteiger partial charge < -0.3 is 15.5 Å². The van der Waals surface area contributed by atoms with E-state index in [9.17, 15) is 9.59 Å². The predicted octanol–water partition coefficient (Wildman–Crippen LogP) is 0.835. The lowest BCUT2D eigenvalue weighted by Crippen LogP contribution is -2.24. The van der Waals surface area contributed by atoms with E-state index in [1.54, 1.807) is 19.1 Å². The minimum Gasteiger partial charge on any atom is -0.452 e. The van der Waals surface area contributed by atoms with Gasteiger partial charge in [0.1, 0.15) is 0 Å². The maximum absolute atomic E-state index is 11.5. The summed E-state index contributed by atoms with van der Waals surface area (Å²) in [5.41, 5.74) is 7.50. The van der Waals surface area contributed by atoms with Crippen molar-refractivity contribution in [2.24, 2.45) is 0 Å². The molecule has 3 N–H and O–H groups in total. The van der Waals surface area contributed by atoms with Gasteiger partial charge in [-0.3, -0.25) is 0 Å². The van der Waals surface area contributed by atoms with Gasteiger partial charge in [0.15, 0.2) is 0 Å². The molecule has 1 aromatic carbocycles. The summed E-state index contributed by atoms with van der Waals surface area (Å²) in [6.45, 7) is 1.80. The van der Waals surface area contributed by atoms with Crippen LogP contribution in [0.1, 0.15) is 5.56 Å². The summed E-state index contributed by atoms with van der Waals surface area (Å²) in [5, 5.41) is 0. The molecule has 16 heavy (non-hydrogen) atoms. The highest BCUT2D eigenvalue weighted by molar-refractivity contribution is 5.88. The zero-order valence-electron chi connectivity index (χ0n) is 8.90. The van der Waals surface area contributed by atoms with Crippen LogP contribution in [0.15, 0.2) is 16.9 Å². The third kappa shape index (κ3) is 1.35. The number of imidazole rings is 1. The van der Waals surface area contributed by atoms with Crippen molar-refractivity contribution < 1.29 is 9.53 Å². The van der Waals surface area contributed by atoms with Crippen molar-refractivity contribution in [1.82, 2.24) is 9.55 Å². The first-order chi connectivity index (χ1) is 7.54. The SMILES string of the molecule is COC(=O)n1c(=O)[nH]c2cc(N)c(C)cc21. The summed E-state index contributed by atoms with van der Waals surface area (Å²) in [6, 6.07) is 3.28. The molecule has 6 nitrogen and oxygen atoms in total. The lowest BCUT2D eigenvalue weighted by Gasteiger charge is -2.02. The molecule has 0 atom stereocenters. The Bertz CT molecular complexity index is 624.